The van der Waals surface area contributed by atoms with E-state index in [9.17, 15) is 0 Å². The Hall–Kier alpha value is 1.50. The maximum atomic E-state index is 8.52. The third kappa shape index (κ3) is 6260. The third-order valence-corrected chi connectivity index (χ3v) is 0. The molecule has 0 amide bonds. The van der Waals surface area contributed by atoms with E-state index >= 15 is 0 Å². The van der Waals surface area contributed by atoms with Crippen LogP contribution in [0.3, 0.4) is 0 Å². The average Bonchev–Trinajstić information content (AvgIpc) is 1.41. The van der Waals surface area contributed by atoms with Crippen molar-refractivity contribution < 1.29 is 85.4 Å². The quantitative estimate of drug-likeness (QED) is 0.170. The lowest BCUT2D eigenvalue weighted by atomic mass is 15.8. The maximum Gasteiger partial charge on any atom is 0.0311 e. The molecule has 25 heteroatoms. The molecule has 0 fully saturated rings. The smallest absolute Gasteiger partial charge is 0.0311 e. The van der Waals surface area contributed by atoms with Crippen LogP contribution in [-0.2, 0) is 31.2 Å². The standard InChI is InChI=1S/4Al.3H2O4S.6H2O/c;;;;3*1-5(2,3)4;;;;;;/h;;;;3*(H2,1,2,3,4);6*1H2/p-12. The molecule has 18 nitrogen and oxygen atoms in total. The monoisotopic (exact) mass is 498 g/mol. The van der Waals surface area contributed by atoms with Crippen LogP contribution in [0.5, 0.6) is 0 Å². The molecule has 0 aliphatic heterocycles. The van der Waals surface area contributed by atoms with E-state index < -0.39 is 31.2 Å². The van der Waals surface area contributed by atoms with Crippen LogP contribution < -0.4 is 0 Å². The largest absolute Gasteiger partial charge is 0.870 e. The van der Waals surface area contributed by atoms with Crippen molar-refractivity contribution in [2.24, 2.45) is 0 Å². The van der Waals surface area contributed by atoms with Gasteiger partial charge in [0.25, 0.3) is 0 Å². The van der Waals surface area contributed by atoms with Crippen LogP contribution in [0, 0.1) is 0 Å². The molecule has 0 aromatic carbocycles. The molecule has 6 N–H and O–H groups in total. The van der Waals surface area contributed by atoms with Crippen molar-refractivity contribution in [3.05, 3.63) is 0 Å². The predicted octanol–water partition coefficient (Wildman–Crippen LogP) is -6.60. The van der Waals surface area contributed by atoms with E-state index in [0.717, 1.165) is 0 Å². The Balaban J connectivity index is -0.00000000655. The molecule has 0 rings (SSSR count). The Morgan fingerprint density at radius 2 is 0.320 bits per heavy atom. The number of rotatable bonds is 0. The van der Waals surface area contributed by atoms with Gasteiger partial charge in [0.15, 0.2) is 0 Å². The molecule has 0 saturated carbocycles. The van der Waals surface area contributed by atoms with E-state index in [2.05, 4.69) is 0 Å². The zero-order chi connectivity index (χ0) is 13.5. The van der Waals surface area contributed by atoms with Gasteiger partial charge in [0.2, 0.25) is 0 Å². The van der Waals surface area contributed by atoms with Crippen molar-refractivity contribution in [1.29, 1.82) is 0 Å². The zero-order valence-electron chi connectivity index (χ0n) is 11.1. The fourth-order valence-corrected chi connectivity index (χ4v) is 0. The van der Waals surface area contributed by atoms with Crippen molar-refractivity contribution in [3.8, 4) is 0 Å². The highest BCUT2D eigenvalue weighted by atomic mass is 32.3. The van der Waals surface area contributed by atoms with Gasteiger partial charge in [-0.25, -0.2) is 0 Å². The molecule has 0 unspecified atom stereocenters. The van der Waals surface area contributed by atoms with Crippen molar-refractivity contribution in [3.63, 3.8) is 0 Å². The molecule has 0 spiro atoms. The van der Waals surface area contributed by atoms with E-state index in [4.69, 9.17) is 52.6 Å². The van der Waals surface area contributed by atoms with Crippen LogP contribution in [0.15, 0.2) is 0 Å². The van der Waals surface area contributed by atoms with Gasteiger partial charge in [-0.05, 0) is 0 Å². The molecule has 0 heterocycles. The summed E-state index contributed by atoms with van der Waals surface area (Å²) < 4.78 is 102. The number of hydrogen-bond donors (Lipinski definition) is 0. The van der Waals surface area contributed by atoms with Gasteiger partial charge in [0.1, 0.15) is 0 Å². The molecule has 0 aromatic rings. The van der Waals surface area contributed by atoms with Gasteiger partial charge in [0.05, 0.1) is 0 Å². The highest BCUT2D eigenvalue weighted by molar-refractivity contribution is 7.80. The van der Waals surface area contributed by atoms with E-state index in [0.29, 0.717) is 0 Å². The summed E-state index contributed by atoms with van der Waals surface area (Å²) in [6.45, 7) is 0. The first-order valence-electron chi connectivity index (χ1n) is 2.00. The summed E-state index contributed by atoms with van der Waals surface area (Å²) in [5, 5.41) is 0. The van der Waals surface area contributed by atoms with Crippen LogP contribution in [0.25, 0.3) is 0 Å². The van der Waals surface area contributed by atoms with Crippen LogP contribution in [0.4, 0.5) is 0 Å². The molecule has 0 bridgehead atoms. The van der Waals surface area contributed by atoms with Gasteiger partial charge in [-0.1, -0.05) is 0 Å². The van der Waals surface area contributed by atoms with E-state index in [1.54, 1.807) is 0 Å². The van der Waals surface area contributed by atoms with Crippen molar-refractivity contribution in [1.82, 2.24) is 0 Å². The lowest BCUT2D eigenvalue weighted by Crippen LogP contribution is -1.91. The maximum absolute atomic E-state index is 8.52. The number of hydrogen-bond acceptors (Lipinski definition) is 18. The summed E-state index contributed by atoms with van der Waals surface area (Å²) in [7, 11) is -15.5. The van der Waals surface area contributed by atoms with Crippen molar-refractivity contribution >= 4 is 101 Å². The summed E-state index contributed by atoms with van der Waals surface area (Å²) in [5.74, 6) is 0. The fourth-order valence-electron chi connectivity index (χ4n) is 0. The molecule has 12 radical (unpaired) electrons. The minimum atomic E-state index is -5.17. The lowest BCUT2D eigenvalue weighted by molar-refractivity contribution is 0.350. The summed E-state index contributed by atoms with van der Waals surface area (Å²) in [6.07, 6.45) is 0. The minimum Gasteiger partial charge on any atom is -0.870 e. The molecule has 0 saturated heterocycles. The second-order valence-electron chi connectivity index (χ2n) is 1.22. The second kappa shape index (κ2) is 40.3. The van der Waals surface area contributed by atoms with Gasteiger partial charge in [-0.3, -0.25) is 25.3 Å². The summed E-state index contributed by atoms with van der Waals surface area (Å²) in [6, 6.07) is 0. The minimum absolute atomic E-state index is 0. The van der Waals surface area contributed by atoms with Gasteiger partial charge >= 0.3 is 0 Å². The molecule has 0 aromatic heterocycles. The molecule has 0 atom stereocenters. The second-order valence-corrected chi connectivity index (χ2v) is 3.67. The predicted molar refractivity (Wildman–Crippen MR) is 66.1 cm³/mol. The zero-order valence-corrected chi connectivity index (χ0v) is 18.2. The molecular weight excluding hydrogens is 492 g/mol. The summed E-state index contributed by atoms with van der Waals surface area (Å²) in [5.41, 5.74) is 0. The Bertz CT molecular complexity index is 349. The highest BCUT2D eigenvalue weighted by Crippen LogP contribution is 1.58. The van der Waals surface area contributed by atoms with Crippen LogP contribution in [-0.4, -0.2) is 155 Å². The van der Waals surface area contributed by atoms with Crippen molar-refractivity contribution in [2.75, 3.05) is 0 Å². The molecule has 0 aliphatic rings. The Morgan fingerprint density at radius 3 is 0.320 bits per heavy atom. The van der Waals surface area contributed by atoms with Gasteiger partial charge in [-0.2, -0.15) is 0 Å². The average molecular weight is 498 g/mol. The highest BCUT2D eigenvalue weighted by Gasteiger charge is 1.50. The molecule has 0 aliphatic carbocycles. The van der Waals surface area contributed by atoms with E-state index in [1.165, 1.54) is 0 Å². The van der Waals surface area contributed by atoms with Gasteiger partial charge < -0.3 is 60.2 Å². The summed E-state index contributed by atoms with van der Waals surface area (Å²) in [4.78, 5) is 0. The first kappa shape index (κ1) is 94.5. The van der Waals surface area contributed by atoms with E-state index in [1.807, 2.05) is 0 Å². The fraction of sp³-hybridized carbons (Fsp3) is 0. The van der Waals surface area contributed by atoms with Crippen LogP contribution in [0.2, 0.25) is 0 Å². The Kier molecular flexibility index (Phi) is 152. The topological polar surface area (TPSA) is 421 Å². The Labute approximate surface area is 185 Å². The first-order chi connectivity index (χ1) is 6.00. The van der Waals surface area contributed by atoms with Crippen LogP contribution in [0.1, 0.15) is 0 Å². The summed E-state index contributed by atoms with van der Waals surface area (Å²) >= 11 is 0. The third-order valence-electron chi connectivity index (χ3n) is 0. The SMILES string of the molecule is O=S(=O)([O-])[O-].O=S(=O)([O-])[O-].O=S(=O)([O-])[O-].[Al].[Al].[Al].[Al].[OH-].[OH-].[OH-].[OH-].[OH-].[OH-]. The lowest BCUT2D eigenvalue weighted by Gasteiger charge is -2.06. The Morgan fingerprint density at radius 1 is 0.320 bits per heavy atom. The van der Waals surface area contributed by atoms with Gasteiger partial charge in [0, 0.05) is 101 Å². The molecule has 156 valence electrons. The first-order valence-corrected chi connectivity index (χ1v) is 6.00. The molecular formula is H6Al4O18S3-12. The normalized spacial score (nSPS) is 6.96. The van der Waals surface area contributed by atoms with E-state index in [-0.39, 0.29) is 102 Å². The van der Waals surface area contributed by atoms with Gasteiger partial charge in [-0.15, -0.1) is 0 Å². The molecule has 25 heavy (non-hydrogen) atoms. The van der Waals surface area contributed by atoms with Crippen LogP contribution >= 0.6 is 0 Å². The van der Waals surface area contributed by atoms with Crippen molar-refractivity contribution in [2.45, 2.75) is 0 Å².